The van der Waals surface area contributed by atoms with Crippen LogP contribution >= 0.6 is 12.4 Å². The number of ether oxygens (including phenoxy) is 1. The van der Waals surface area contributed by atoms with Gasteiger partial charge < -0.3 is 15.8 Å². The molecule has 1 aromatic carbocycles. The fraction of sp³-hybridized carbons (Fsp3) is 0.682. The lowest BCUT2D eigenvalue weighted by Gasteiger charge is -2.43. The van der Waals surface area contributed by atoms with E-state index in [0.717, 1.165) is 38.9 Å². The first kappa shape index (κ1) is 22.2. The summed E-state index contributed by atoms with van der Waals surface area (Å²) < 4.78 is 5.37. The minimum absolute atomic E-state index is 0. The summed E-state index contributed by atoms with van der Waals surface area (Å²) in [5, 5.41) is 3.16. The lowest BCUT2D eigenvalue weighted by molar-refractivity contribution is -0.124. The van der Waals surface area contributed by atoms with E-state index in [1.165, 1.54) is 17.5 Å². The van der Waals surface area contributed by atoms with Crippen molar-refractivity contribution in [2.75, 3.05) is 19.8 Å². The van der Waals surface area contributed by atoms with E-state index in [2.05, 4.69) is 50.4 Å². The highest BCUT2D eigenvalue weighted by Crippen LogP contribution is 2.43. The molecule has 1 heterocycles. The third-order valence-electron chi connectivity index (χ3n) is 6.35. The molecule has 5 heteroatoms. The first-order valence-corrected chi connectivity index (χ1v) is 10.0. The van der Waals surface area contributed by atoms with Crippen molar-refractivity contribution in [3.05, 3.63) is 35.4 Å². The number of carbonyl (C=O) groups excluding carboxylic acids is 1. The van der Waals surface area contributed by atoms with Crippen LogP contribution in [-0.2, 0) is 20.4 Å². The van der Waals surface area contributed by atoms with Gasteiger partial charge in [0.25, 0.3) is 0 Å². The molecule has 3 rings (SSSR count). The number of hydrogen-bond acceptors (Lipinski definition) is 3. The average molecular weight is 395 g/mol. The molecule has 0 spiro atoms. The number of nitrogens with one attached hydrogen (secondary N) is 1. The summed E-state index contributed by atoms with van der Waals surface area (Å²) in [5.41, 5.74) is 9.16. The van der Waals surface area contributed by atoms with Gasteiger partial charge in [-0.05, 0) is 48.1 Å². The third-order valence-corrected chi connectivity index (χ3v) is 6.35. The molecule has 0 aromatic heterocycles. The van der Waals surface area contributed by atoms with Gasteiger partial charge in [0.2, 0.25) is 5.91 Å². The van der Waals surface area contributed by atoms with Crippen LogP contribution in [0.5, 0.6) is 0 Å². The van der Waals surface area contributed by atoms with E-state index < -0.39 is 6.04 Å². The largest absolute Gasteiger partial charge is 0.381 e. The zero-order valence-corrected chi connectivity index (χ0v) is 17.7. The van der Waals surface area contributed by atoms with Crippen LogP contribution in [0.2, 0.25) is 0 Å². The van der Waals surface area contributed by atoms with Crippen LogP contribution in [0.1, 0.15) is 64.0 Å². The molecule has 1 amide bonds. The van der Waals surface area contributed by atoms with Gasteiger partial charge >= 0.3 is 0 Å². The Kier molecular flexibility index (Phi) is 7.34. The molecule has 1 aliphatic carbocycles. The van der Waals surface area contributed by atoms with E-state index in [1.54, 1.807) is 0 Å². The molecule has 27 heavy (non-hydrogen) atoms. The molecule has 4 nitrogen and oxygen atoms in total. The van der Waals surface area contributed by atoms with Crippen molar-refractivity contribution < 1.29 is 9.53 Å². The predicted octanol–water partition coefficient (Wildman–Crippen LogP) is 3.70. The second-order valence-corrected chi connectivity index (χ2v) is 9.15. The molecule has 152 valence electrons. The number of nitrogens with two attached hydrogens (primary N) is 1. The summed E-state index contributed by atoms with van der Waals surface area (Å²) in [4.78, 5) is 12.6. The van der Waals surface area contributed by atoms with E-state index in [9.17, 15) is 4.79 Å². The maximum absolute atomic E-state index is 12.6. The van der Waals surface area contributed by atoms with Gasteiger partial charge in [-0.25, -0.2) is 0 Å². The van der Waals surface area contributed by atoms with Crippen molar-refractivity contribution in [2.45, 2.75) is 69.7 Å². The molecule has 1 saturated heterocycles. The Morgan fingerprint density at radius 1 is 1.22 bits per heavy atom. The zero-order valence-electron chi connectivity index (χ0n) is 16.9. The minimum Gasteiger partial charge on any atom is -0.381 e. The maximum atomic E-state index is 12.6. The highest BCUT2D eigenvalue weighted by atomic mass is 35.5. The van der Waals surface area contributed by atoms with Crippen molar-refractivity contribution in [3.63, 3.8) is 0 Å². The van der Waals surface area contributed by atoms with E-state index in [4.69, 9.17) is 10.5 Å². The lowest BCUT2D eigenvalue weighted by atomic mass is 9.64. The van der Waals surface area contributed by atoms with Gasteiger partial charge in [0.05, 0.1) is 6.04 Å². The van der Waals surface area contributed by atoms with Crippen LogP contribution in [0.4, 0.5) is 0 Å². The van der Waals surface area contributed by atoms with Crippen molar-refractivity contribution in [1.29, 1.82) is 0 Å². The normalized spacial score (nSPS) is 20.9. The van der Waals surface area contributed by atoms with E-state index in [-0.39, 0.29) is 35.1 Å². The molecule has 0 radical (unpaired) electrons. The van der Waals surface area contributed by atoms with Gasteiger partial charge in [-0.15, -0.1) is 12.4 Å². The molecule has 1 aromatic rings. The Bertz CT molecular complexity index is 614. The van der Waals surface area contributed by atoms with Gasteiger partial charge in [0.1, 0.15) is 0 Å². The van der Waals surface area contributed by atoms with E-state index in [0.29, 0.717) is 6.54 Å². The number of amides is 1. The lowest BCUT2D eigenvalue weighted by Crippen LogP contribution is -2.52. The first-order chi connectivity index (χ1) is 12.3. The molecule has 1 unspecified atom stereocenters. The summed E-state index contributed by atoms with van der Waals surface area (Å²) in [6.45, 7) is 8.83. The standard InChI is InChI=1S/C22H34N2O2.ClH/c1-21(2,3)17-5-7-18(8-6-17)22(11-4-12-22)15-24-20(25)19(23)16-9-13-26-14-10-16;/h5-8,16,19H,4,9-15,23H2,1-3H3,(H,24,25);1H. The molecule has 0 bridgehead atoms. The van der Waals surface area contributed by atoms with Crippen molar-refractivity contribution >= 4 is 18.3 Å². The predicted molar refractivity (Wildman–Crippen MR) is 112 cm³/mol. The van der Waals surface area contributed by atoms with Crippen molar-refractivity contribution in [2.24, 2.45) is 11.7 Å². The minimum atomic E-state index is -0.417. The monoisotopic (exact) mass is 394 g/mol. The molecule has 1 atom stereocenters. The molecule has 3 N–H and O–H groups in total. The van der Waals surface area contributed by atoms with Crippen LogP contribution in [0.15, 0.2) is 24.3 Å². The molecular weight excluding hydrogens is 360 g/mol. The second-order valence-electron chi connectivity index (χ2n) is 9.15. The van der Waals surface area contributed by atoms with Gasteiger partial charge in [-0.1, -0.05) is 51.5 Å². The third kappa shape index (κ3) is 5.04. The molecule has 2 aliphatic rings. The average Bonchev–Trinajstić information content (AvgIpc) is 2.60. The van der Waals surface area contributed by atoms with Gasteiger partial charge in [-0.2, -0.15) is 0 Å². The summed E-state index contributed by atoms with van der Waals surface area (Å²) in [6, 6.07) is 8.57. The zero-order chi connectivity index (χ0) is 18.8. The number of hydrogen-bond donors (Lipinski definition) is 2. The molecular formula is C22H35ClN2O2. The van der Waals surface area contributed by atoms with E-state index >= 15 is 0 Å². The fourth-order valence-electron chi connectivity index (χ4n) is 4.16. The number of carbonyl (C=O) groups is 1. The Morgan fingerprint density at radius 2 is 1.81 bits per heavy atom. The Morgan fingerprint density at radius 3 is 2.30 bits per heavy atom. The molecule has 1 saturated carbocycles. The van der Waals surface area contributed by atoms with Gasteiger partial charge in [0.15, 0.2) is 0 Å². The number of benzene rings is 1. The smallest absolute Gasteiger partial charge is 0.237 e. The van der Waals surface area contributed by atoms with Gasteiger partial charge in [0, 0.05) is 25.2 Å². The molecule has 2 fully saturated rings. The number of rotatable bonds is 5. The van der Waals surface area contributed by atoms with E-state index in [1.807, 2.05) is 0 Å². The SMILES string of the molecule is CC(C)(C)c1ccc(C2(CNC(=O)C(N)C3CCOCC3)CCC2)cc1.Cl. The van der Waals surface area contributed by atoms with Crippen LogP contribution in [0, 0.1) is 5.92 Å². The highest BCUT2D eigenvalue weighted by Gasteiger charge is 2.39. The van der Waals surface area contributed by atoms with Gasteiger partial charge in [-0.3, -0.25) is 4.79 Å². The summed E-state index contributed by atoms with van der Waals surface area (Å²) in [7, 11) is 0. The van der Waals surface area contributed by atoms with Crippen LogP contribution < -0.4 is 11.1 Å². The molecule has 1 aliphatic heterocycles. The Hall–Kier alpha value is -1.10. The quantitative estimate of drug-likeness (QED) is 0.800. The van der Waals surface area contributed by atoms with Crippen molar-refractivity contribution in [1.82, 2.24) is 5.32 Å². The highest BCUT2D eigenvalue weighted by molar-refractivity contribution is 5.85. The second kappa shape index (κ2) is 8.93. The van der Waals surface area contributed by atoms with Crippen LogP contribution in [0.3, 0.4) is 0 Å². The Labute approximate surface area is 170 Å². The van der Waals surface area contributed by atoms with Crippen LogP contribution in [0.25, 0.3) is 0 Å². The van der Waals surface area contributed by atoms with Crippen LogP contribution in [-0.4, -0.2) is 31.7 Å². The summed E-state index contributed by atoms with van der Waals surface area (Å²) >= 11 is 0. The maximum Gasteiger partial charge on any atom is 0.237 e. The fourth-order valence-corrected chi connectivity index (χ4v) is 4.16. The van der Waals surface area contributed by atoms with Crippen molar-refractivity contribution in [3.8, 4) is 0 Å². The summed E-state index contributed by atoms with van der Waals surface area (Å²) in [6.07, 6.45) is 5.26. The summed E-state index contributed by atoms with van der Waals surface area (Å²) in [5.74, 6) is 0.238. The first-order valence-electron chi connectivity index (χ1n) is 10.0. The number of halogens is 1. The Balaban J connectivity index is 0.00000261. The topological polar surface area (TPSA) is 64.4 Å².